The minimum absolute atomic E-state index is 0.00470. The van der Waals surface area contributed by atoms with Gasteiger partial charge in [0.1, 0.15) is 0 Å². The summed E-state index contributed by atoms with van der Waals surface area (Å²) in [6.45, 7) is 0. The van der Waals surface area contributed by atoms with Gasteiger partial charge in [0, 0.05) is 23.0 Å². The van der Waals surface area contributed by atoms with Crippen LogP contribution in [0.5, 0.6) is 0 Å². The number of anilines is 1. The van der Waals surface area contributed by atoms with Gasteiger partial charge in [0.15, 0.2) is 0 Å². The monoisotopic (exact) mass is 234 g/mol. The van der Waals surface area contributed by atoms with E-state index >= 15 is 0 Å². The maximum Gasteiger partial charge on any atom is 0.227 e. The standard InChI is InChI=1S/C12H11ClN2O/c13-10-3-4-11-9(7-10)6-8(2-1-5-14)12(16)15-11/h3-4,7-8H,1-2,6H2,(H,15,16). The Morgan fingerprint density at radius 1 is 1.56 bits per heavy atom. The maximum absolute atomic E-state index is 11.7. The third kappa shape index (κ3) is 2.17. The first-order chi connectivity index (χ1) is 7.70. The summed E-state index contributed by atoms with van der Waals surface area (Å²) >= 11 is 5.90. The predicted octanol–water partition coefficient (Wildman–Crippen LogP) is 2.75. The van der Waals surface area contributed by atoms with Crippen molar-refractivity contribution in [3.05, 3.63) is 28.8 Å². The molecule has 2 rings (SSSR count). The summed E-state index contributed by atoms with van der Waals surface area (Å²) in [7, 11) is 0. The number of carbonyl (C=O) groups excluding carboxylic acids is 1. The van der Waals surface area contributed by atoms with Crippen molar-refractivity contribution in [2.45, 2.75) is 19.3 Å². The van der Waals surface area contributed by atoms with E-state index in [-0.39, 0.29) is 11.8 Å². The van der Waals surface area contributed by atoms with Crippen molar-refractivity contribution in [1.82, 2.24) is 0 Å². The Kier molecular flexibility index (Phi) is 3.12. The molecule has 3 nitrogen and oxygen atoms in total. The van der Waals surface area contributed by atoms with E-state index in [0.29, 0.717) is 24.3 Å². The molecule has 1 aromatic rings. The summed E-state index contributed by atoms with van der Waals surface area (Å²) in [6, 6.07) is 7.51. The number of halogens is 1. The smallest absolute Gasteiger partial charge is 0.227 e. The van der Waals surface area contributed by atoms with Crippen LogP contribution in [0.1, 0.15) is 18.4 Å². The molecule has 0 aliphatic carbocycles. The van der Waals surface area contributed by atoms with E-state index in [4.69, 9.17) is 16.9 Å². The molecule has 1 heterocycles. The number of hydrogen-bond acceptors (Lipinski definition) is 2. The summed E-state index contributed by atoms with van der Waals surface area (Å²) in [4.78, 5) is 11.7. The molecule has 0 saturated carbocycles. The van der Waals surface area contributed by atoms with E-state index in [9.17, 15) is 4.79 Å². The molecule has 0 bridgehead atoms. The van der Waals surface area contributed by atoms with Crippen molar-refractivity contribution in [2.24, 2.45) is 5.92 Å². The molecule has 1 aliphatic rings. The van der Waals surface area contributed by atoms with E-state index in [0.717, 1.165) is 11.3 Å². The molecule has 1 aliphatic heterocycles. The van der Waals surface area contributed by atoms with Gasteiger partial charge < -0.3 is 5.32 Å². The Morgan fingerprint density at radius 3 is 3.12 bits per heavy atom. The third-order valence-electron chi connectivity index (χ3n) is 2.77. The average Bonchev–Trinajstić information content (AvgIpc) is 2.27. The highest BCUT2D eigenvalue weighted by Gasteiger charge is 2.25. The summed E-state index contributed by atoms with van der Waals surface area (Å²) in [5, 5.41) is 12.0. The summed E-state index contributed by atoms with van der Waals surface area (Å²) in [5.41, 5.74) is 1.89. The van der Waals surface area contributed by atoms with Crippen molar-refractivity contribution in [3.8, 4) is 6.07 Å². The van der Waals surface area contributed by atoms with Crippen molar-refractivity contribution >= 4 is 23.2 Å². The Balaban J connectivity index is 2.20. The SMILES string of the molecule is N#CCCC1Cc2cc(Cl)ccc2NC1=O. The average molecular weight is 235 g/mol. The molecule has 0 spiro atoms. The zero-order valence-corrected chi connectivity index (χ0v) is 9.42. The zero-order chi connectivity index (χ0) is 11.5. The molecule has 1 unspecified atom stereocenters. The highest BCUT2D eigenvalue weighted by molar-refractivity contribution is 6.30. The fraction of sp³-hybridized carbons (Fsp3) is 0.333. The second-order valence-corrected chi connectivity index (χ2v) is 4.32. The van der Waals surface area contributed by atoms with E-state index in [2.05, 4.69) is 11.4 Å². The number of rotatable bonds is 2. The largest absolute Gasteiger partial charge is 0.326 e. The molecule has 0 fully saturated rings. The first-order valence-corrected chi connectivity index (χ1v) is 5.54. The maximum atomic E-state index is 11.7. The van der Waals surface area contributed by atoms with Crippen molar-refractivity contribution in [2.75, 3.05) is 5.32 Å². The molecular weight excluding hydrogens is 224 g/mol. The number of nitriles is 1. The Hall–Kier alpha value is -1.53. The van der Waals surface area contributed by atoms with Crippen LogP contribution in [-0.2, 0) is 11.2 Å². The van der Waals surface area contributed by atoms with E-state index < -0.39 is 0 Å². The lowest BCUT2D eigenvalue weighted by Crippen LogP contribution is -2.29. The fourth-order valence-electron chi connectivity index (χ4n) is 1.92. The van der Waals surface area contributed by atoms with Gasteiger partial charge in [-0.25, -0.2) is 0 Å². The Labute approximate surface area is 99.0 Å². The van der Waals surface area contributed by atoms with Gasteiger partial charge in [-0.3, -0.25) is 4.79 Å². The molecule has 1 atom stereocenters. The molecular formula is C12H11ClN2O. The van der Waals surface area contributed by atoms with Gasteiger partial charge in [-0.2, -0.15) is 5.26 Å². The molecule has 1 N–H and O–H groups in total. The molecule has 1 amide bonds. The second kappa shape index (κ2) is 4.54. The number of amides is 1. The summed E-state index contributed by atoms with van der Waals surface area (Å²) in [5.74, 6) is -0.101. The molecule has 0 aromatic heterocycles. The number of nitrogens with one attached hydrogen (secondary N) is 1. The lowest BCUT2D eigenvalue weighted by Gasteiger charge is -2.24. The lowest BCUT2D eigenvalue weighted by molar-refractivity contribution is -0.120. The third-order valence-corrected chi connectivity index (χ3v) is 3.00. The van der Waals surface area contributed by atoms with Crippen molar-refractivity contribution < 1.29 is 4.79 Å². The normalized spacial score (nSPS) is 18.5. The molecule has 16 heavy (non-hydrogen) atoms. The minimum atomic E-state index is -0.106. The fourth-order valence-corrected chi connectivity index (χ4v) is 2.11. The van der Waals surface area contributed by atoms with Gasteiger partial charge in [0.05, 0.1) is 6.07 Å². The van der Waals surface area contributed by atoms with Crippen LogP contribution in [0.3, 0.4) is 0 Å². The van der Waals surface area contributed by atoms with Crippen LogP contribution in [0.25, 0.3) is 0 Å². The van der Waals surface area contributed by atoms with Crippen LogP contribution in [0.2, 0.25) is 5.02 Å². The molecule has 1 aromatic carbocycles. The van der Waals surface area contributed by atoms with Crippen LogP contribution in [0, 0.1) is 17.2 Å². The topological polar surface area (TPSA) is 52.9 Å². The van der Waals surface area contributed by atoms with Gasteiger partial charge in [0.25, 0.3) is 0 Å². The van der Waals surface area contributed by atoms with Gasteiger partial charge >= 0.3 is 0 Å². The zero-order valence-electron chi connectivity index (χ0n) is 8.66. The molecule has 0 radical (unpaired) electrons. The van der Waals surface area contributed by atoms with Gasteiger partial charge in [0.2, 0.25) is 5.91 Å². The number of benzene rings is 1. The molecule has 4 heteroatoms. The van der Waals surface area contributed by atoms with Gasteiger partial charge in [-0.05, 0) is 36.6 Å². The van der Waals surface area contributed by atoms with Crippen LogP contribution in [-0.4, -0.2) is 5.91 Å². The van der Waals surface area contributed by atoms with Crippen molar-refractivity contribution in [3.63, 3.8) is 0 Å². The van der Waals surface area contributed by atoms with Gasteiger partial charge in [-0.1, -0.05) is 11.6 Å². The number of carbonyl (C=O) groups is 1. The Bertz CT molecular complexity index is 465. The highest BCUT2D eigenvalue weighted by atomic mass is 35.5. The van der Waals surface area contributed by atoms with Crippen LogP contribution < -0.4 is 5.32 Å². The first-order valence-electron chi connectivity index (χ1n) is 5.17. The lowest BCUT2D eigenvalue weighted by atomic mass is 9.90. The van der Waals surface area contributed by atoms with E-state index in [1.54, 1.807) is 6.07 Å². The number of fused-ring (bicyclic) bond motifs is 1. The van der Waals surface area contributed by atoms with E-state index in [1.807, 2.05) is 12.1 Å². The van der Waals surface area contributed by atoms with Gasteiger partial charge in [-0.15, -0.1) is 0 Å². The number of nitrogens with zero attached hydrogens (tertiary/aromatic N) is 1. The second-order valence-electron chi connectivity index (χ2n) is 3.89. The van der Waals surface area contributed by atoms with Crippen LogP contribution >= 0.6 is 11.6 Å². The van der Waals surface area contributed by atoms with Crippen LogP contribution in [0.4, 0.5) is 5.69 Å². The molecule has 82 valence electrons. The number of hydrogen-bond donors (Lipinski definition) is 1. The van der Waals surface area contributed by atoms with E-state index in [1.165, 1.54) is 0 Å². The highest BCUT2D eigenvalue weighted by Crippen LogP contribution is 2.29. The summed E-state index contributed by atoms with van der Waals surface area (Å²) in [6.07, 6.45) is 1.69. The minimum Gasteiger partial charge on any atom is -0.326 e. The first kappa shape index (κ1) is 11.0. The predicted molar refractivity (Wildman–Crippen MR) is 62.1 cm³/mol. The quantitative estimate of drug-likeness (QED) is 0.856. The molecule has 0 saturated heterocycles. The Morgan fingerprint density at radius 2 is 2.38 bits per heavy atom. The summed E-state index contributed by atoms with van der Waals surface area (Å²) < 4.78 is 0. The van der Waals surface area contributed by atoms with Crippen LogP contribution in [0.15, 0.2) is 18.2 Å². The van der Waals surface area contributed by atoms with Crippen molar-refractivity contribution in [1.29, 1.82) is 5.26 Å².